The molecule has 0 bridgehead atoms. The average molecular weight is 280 g/mol. The van der Waals surface area contributed by atoms with Gasteiger partial charge in [0.25, 0.3) is 0 Å². The molecule has 0 amide bonds. The number of rotatable bonds is 3. The topological polar surface area (TPSA) is 17.1 Å². The molecule has 1 unspecified atom stereocenters. The molecular weight excluding hydrogens is 270 g/mol. The summed E-state index contributed by atoms with van der Waals surface area (Å²) in [5.41, 5.74) is 0.732. The van der Waals surface area contributed by atoms with Crippen molar-refractivity contribution in [1.82, 2.24) is 0 Å². The second kappa shape index (κ2) is 4.89. The Kier molecular flexibility index (Phi) is 4.08. The van der Waals surface area contributed by atoms with Crippen molar-refractivity contribution in [2.45, 2.75) is 19.0 Å². The van der Waals surface area contributed by atoms with Gasteiger partial charge in [-0.05, 0) is 30.7 Å². The second-order valence-corrected chi connectivity index (χ2v) is 4.49. The Morgan fingerprint density at radius 1 is 1.64 bits per heavy atom. The van der Waals surface area contributed by atoms with E-state index in [1.807, 2.05) is 0 Å². The number of Topliss-reactive ketones (excluding diaryl/α,β-unsaturated/α-hetero) is 1. The molecule has 0 aliphatic carbocycles. The zero-order chi connectivity index (χ0) is 10.7. The Balaban J connectivity index is 3.14. The lowest BCUT2D eigenvalue weighted by Gasteiger charge is -2.07. The molecule has 1 aromatic carbocycles. The quantitative estimate of drug-likeness (QED) is 0.609. The Morgan fingerprint density at radius 3 is 2.79 bits per heavy atom. The minimum Gasteiger partial charge on any atom is -0.293 e. The van der Waals surface area contributed by atoms with Crippen LogP contribution in [-0.2, 0) is 6.67 Å². The van der Waals surface area contributed by atoms with Crippen molar-refractivity contribution in [2.75, 3.05) is 0 Å². The number of carbonyl (C=O) groups excluding carboxylic acids is 1. The van der Waals surface area contributed by atoms with Crippen LogP contribution < -0.4 is 0 Å². The fourth-order valence-corrected chi connectivity index (χ4v) is 1.65. The Morgan fingerprint density at radius 2 is 2.29 bits per heavy atom. The zero-order valence-corrected chi connectivity index (χ0v) is 9.90. The van der Waals surface area contributed by atoms with Crippen molar-refractivity contribution in [3.8, 4) is 0 Å². The van der Waals surface area contributed by atoms with Crippen LogP contribution in [0.5, 0.6) is 0 Å². The Labute approximate surface area is 95.4 Å². The van der Waals surface area contributed by atoms with Crippen LogP contribution in [0.15, 0.2) is 22.7 Å². The first kappa shape index (κ1) is 11.7. The van der Waals surface area contributed by atoms with Crippen molar-refractivity contribution in [2.24, 2.45) is 0 Å². The maximum absolute atomic E-state index is 12.6. The molecule has 0 aromatic heterocycles. The third-order valence-corrected chi connectivity index (χ3v) is 2.53. The van der Waals surface area contributed by atoms with Crippen LogP contribution in [0.2, 0.25) is 0 Å². The molecule has 4 heteroatoms. The van der Waals surface area contributed by atoms with Crippen molar-refractivity contribution in [1.29, 1.82) is 0 Å². The van der Waals surface area contributed by atoms with Crippen LogP contribution >= 0.6 is 27.5 Å². The summed E-state index contributed by atoms with van der Waals surface area (Å²) in [5, 5.41) is -0.624. The summed E-state index contributed by atoms with van der Waals surface area (Å²) in [6, 6.07) is 4.87. The van der Waals surface area contributed by atoms with E-state index in [0.717, 1.165) is 4.47 Å². The molecule has 1 nitrogen and oxygen atoms in total. The van der Waals surface area contributed by atoms with Gasteiger partial charge in [0.15, 0.2) is 5.78 Å². The van der Waals surface area contributed by atoms with Gasteiger partial charge in [0.2, 0.25) is 0 Å². The first-order valence-electron chi connectivity index (χ1n) is 4.09. The van der Waals surface area contributed by atoms with Crippen LogP contribution in [0, 0.1) is 0 Å². The van der Waals surface area contributed by atoms with E-state index < -0.39 is 12.1 Å². The molecule has 1 rings (SSSR count). The number of ketones is 1. The Bertz CT molecular complexity index is 352. The van der Waals surface area contributed by atoms with Gasteiger partial charge in [-0.15, -0.1) is 11.6 Å². The molecule has 0 saturated carbocycles. The lowest BCUT2D eigenvalue weighted by Crippen LogP contribution is -2.12. The number of alkyl halides is 2. The van der Waals surface area contributed by atoms with Crippen LogP contribution in [0.1, 0.15) is 22.8 Å². The number of benzene rings is 1. The summed E-state index contributed by atoms with van der Waals surface area (Å²) < 4.78 is 13.3. The predicted molar refractivity (Wildman–Crippen MR) is 58.6 cm³/mol. The van der Waals surface area contributed by atoms with E-state index in [1.54, 1.807) is 25.1 Å². The smallest absolute Gasteiger partial charge is 0.180 e. The maximum atomic E-state index is 12.6. The van der Waals surface area contributed by atoms with E-state index in [0.29, 0.717) is 11.1 Å². The maximum Gasteiger partial charge on any atom is 0.180 e. The van der Waals surface area contributed by atoms with Gasteiger partial charge in [-0.1, -0.05) is 15.9 Å². The molecule has 76 valence electrons. The minimum absolute atomic E-state index is 0.244. The van der Waals surface area contributed by atoms with Gasteiger partial charge in [0, 0.05) is 10.0 Å². The van der Waals surface area contributed by atoms with Crippen LogP contribution in [0.4, 0.5) is 4.39 Å². The predicted octanol–water partition coefficient (Wildman–Crippen LogP) is 3.73. The van der Waals surface area contributed by atoms with Gasteiger partial charge in [0.05, 0.1) is 5.38 Å². The minimum atomic E-state index is -0.663. The summed E-state index contributed by atoms with van der Waals surface area (Å²) in [6.45, 7) is 0.915. The molecule has 0 heterocycles. The molecule has 14 heavy (non-hydrogen) atoms. The highest BCUT2D eigenvalue weighted by molar-refractivity contribution is 9.10. The molecule has 0 fully saturated rings. The molecule has 0 radical (unpaired) electrons. The molecule has 0 spiro atoms. The normalized spacial score (nSPS) is 12.6. The molecule has 1 atom stereocenters. The van der Waals surface area contributed by atoms with E-state index in [9.17, 15) is 9.18 Å². The first-order chi connectivity index (χ1) is 6.56. The van der Waals surface area contributed by atoms with E-state index in [2.05, 4.69) is 15.9 Å². The van der Waals surface area contributed by atoms with Crippen LogP contribution in [-0.4, -0.2) is 11.2 Å². The second-order valence-electron chi connectivity index (χ2n) is 2.92. The third kappa shape index (κ3) is 2.55. The molecule has 1 aromatic rings. The SMILES string of the molecule is CC(Cl)C(=O)c1ccc(Br)cc1CF. The fraction of sp³-hybridized carbons (Fsp3) is 0.300. The molecular formula is C10H9BrClFO. The standard InChI is InChI=1S/C10H9BrClFO/c1-6(12)10(14)9-3-2-8(11)4-7(9)5-13/h2-4,6H,5H2,1H3. The van der Waals surface area contributed by atoms with E-state index in [1.165, 1.54) is 0 Å². The first-order valence-corrected chi connectivity index (χ1v) is 5.32. The third-order valence-electron chi connectivity index (χ3n) is 1.84. The van der Waals surface area contributed by atoms with Crippen LogP contribution in [0.3, 0.4) is 0 Å². The van der Waals surface area contributed by atoms with Gasteiger partial charge in [-0.25, -0.2) is 4.39 Å². The van der Waals surface area contributed by atoms with Gasteiger partial charge in [-0.2, -0.15) is 0 Å². The van der Waals surface area contributed by atoms with E-state index in [4.69, 9.17) is 11.6 Å². The molecule has 0 saturated heterocycles. The summed E-state index contributed by atoms with van der Waals surface area (Å²) in [4.78, 5) is 11.5. The highest BCUT2D eigenvalue weighted by Crippen LogP contribution is 2.20. The number of carbonyl (C=O) groups is 1. The number of hydrogen-bond donors (Lipinski definition) is 0. The highest BCUT2D eigenvalue weighted by Gasteiger charge is 2.16. The number of hydrogen-bond acceptors (Lipinski definition) is 1. The lowest BCUT2D eigenvalue weighted by molar-refractivity contribution is 0.0990. The van der Waals surface area contributed by atoms with Crippen molar-refractivity contribution in [3.63, 3.8) is 0 Å². The van der Waals surface area contributed by atoms with Gasteiger partial charge in [0.1, 0.15) is 6.67 Å². The lowest BCUT2D eigenvalue weighted by atomic mass is 10.0. The summed E-state index contributed by atoms with van der Waals surface area (Å²) in [5.74, 6) is -0.244. The molecule has 0 aliphatic heterocycles. The van der Waals surface area contributed by atoms with Crippen molar-refractivity contribution >= 4 is 33.3 Å². The van der Waals surface area contributed by atoms with E-state index in [-0.39, 0.29) is 5.78 Å². The largest absolute Gasteiger partial charge is 0.293 e. The molecule has 0 N–H and O–H groups in total. The Hall–Kier alpha value is -0.410. The van der Waals surface area contributed by atoms with Crippen molar-refractivity contribution in [3.05, 3.63) is 33.8 Å². The van der Waals surface area contributed by atoms with Gasteiger partial charge >= 0.3 is 0 Å². The molecule has 0 aliphatic rings. The highest BCUT2D eigenvalue weighted by atomic mass is 79.9. The van der Waals surface area contributed by atoms with Crippen molar-refractivity contribution < 1.29 is 9.18 Å². The fourth-order valence-electron chi connectivity index (χ4n) is 1.13. The average Bonchev–Trinajstić information content (AvgIpc) is 2.16. The van der Waals surface area contributed by atoms with Gasteiger partial charge in [-0.3, -0.25) is 4.79 Å². The zero-order valence-electron chi connectivity index (χ0n) is 7.56. The van der Waals surface area contributed by atoms with Crippen LogP contribution in [0.25, 0.3) is 0 Å². The monoisotopic (exact) mass is 278 g/mol. The van der Waals surface area contributed by atoms with Gasteiger partial charge < -0.3 is 0 Å². The summed E-state index contributed by atoms with van der Waals surface area (Å²) in [6.07, 6.45) is 0. The summed E-state index contributed by atoms with van der Waals surface area (Å²) in [7, 11) is 0. The van der Waals surface area contributed by atoms with E-state index >= 15 is 0 Å². The number of halogens is 3. The summed E-state index contributed by atoms with van der Waals surface area (Å²) >= 11 is 8.86.